The lowest BCUT2D eigenvalue weighted by Gasteiger charge is -2.29. The molecule has 4 nitrogen and oxygen atoms in total. The number of rotatable bonds is 4. The van der Waals surface area contributed by atoms with Crippen LogP contribution in [0.15, 0.2) is 12.1 Å². The van der Waals surface area contributed by atoms with Gasteiger partial charge in [0.05, 0.1) is 7.11 Å². The Bertz CT molecular complexity index is 400. The van der Waals surface area contributed by atoms with E-state index in [1.54, 1.807) is 6.07 Å². The molecule has 0 radical (unpaired) electrons. The zero-order valence-corrected chi connectivity index (χ0v) is 11.2. The van der Waals surface area contributed by atoms with E-state index in [9.17, 15) is 4.79 Å². The highest BCUT2D eigenvalue weighted by Crippen LogP contribution is 2.23. The van der Waals surface area contributed by atoms with Crippen LogP contribution in [0.25, 0.3) is 0 Å². The summed E-state index contributed by atoms with van der Waals surface area (Å²) in [6.45, 7) is 3.09. The lowest BCUT2D eigenvalue weighted by molar-refractivity contribution is 0.0594. The molecular weight excluding hydrogens is 228 g/mol. The summed E-state index contributed by atoms with van der Waals surface area (Å²) in [7, 11) is 1.39. The van der Waals surface area contributed by atoms with Crippen LogP contribution in [0.2, 0.25) is 0 Å². The highest BCUT2D eigenvalue weighted by atomic mass is 16.5. The minimum atomic E-state index is -0.313. The number of hydrogen-bond donors (Lipinski definition) is 2. The van der Waals surface area contributed by atoms with Gasteiger partial charge in [-0.3, -0.25) is 0 Å². The van der Waals surface area contributed by atoms with Crippen molar-refractivity contribution in [3.8, 4) is 0 Å². The van der Waals surface area contributed by atoms with E-state index in [2.05, 4.69) is 22.0 Å². The number of nitrogens with one attached hydrogen (secondary N) is 2. The minimum Gasteiger partial charge on any atom is -0.464 e. The van der Waals surface area contributed by atoms with Gasteiger partial charge in [0, 0.05) is 18.3 Å². The van der Waals surface area contributed by atoms with Gasteiger partial charge in [-0.1, -0.05) is 19.8 Å². The fourth-order valence-corrected chi connectivity index (χ4v) is 2.63. The molecule has 1 heterocycles. The van der Waals surface area contributed by atoms with Crippen LogP contribution in [-0.4, -0.2) is 24.1 Å². The minimum absolute atomic E-state index is 0.313. The molecule has 1 fully saturated rings. The summed E-state index contributed by atoms with van der Waals surface area (Å²) in [5.41, 5.74) is 1.55. The van der Waals surface area contributed by atoms with Crippen LogP contribution in [0.1, 0.15) is 48.8 Å². The SMILES string of the molecule is COC(=O)c1ccc(CNC2CCCCC2C)[nH]1. The molecule has 1 aromatic rings. The molecule has 2 N–H and O–H groups in total. The quantitative estimate of drug-likeness (QED) is 0.807. The second-order valence-electron chi connectivity index (χ2n) is 5.14. The molecule has 0 aromatic carbocycles. The average Bonchev–Trinajstić information content (AvgIpc) is 2.86. The molecule has 4 heteroatoms. The van der Waals surface area contributed by atoms with Crippen molar-refractivity contribution in [1.29, 1.82) is 0 Å². The first-order valence-corrected chi connectivity index (χ1v) is 6.70. The van der Waals surface area contributed by atoms with E-state index in [1.165, 1.54) is 32.8 Å². The van der Waals surface area contributed by atoms with Crippen molar-refractivity contribution in [3.63, 3.8) is 0 Å². The molecule has 1 aromatic heterocycles. The third-order valence-electron chi connectivity index (χ3n) is 3.82. The van der Waals surface area contributed by atoms with E-state index < -0.39 is 0 Å². The monoisotopic (exact) mass is 250 g/mol. The fourth-order valence-electron chi connectivity index (χ4n) is 2.63. The van der Waals surface area contributed by atoms with Crippen molar-refractivity contribution < 1.29 is 9.53 Å². The molecule has 0 aliphatic heterocycles. The number of ether oxygens (including phenoxy) is 1. The van der Waals surface area contributed by atoms with Crippen molar-refractivity contribution in [2.75, 3.05) is 7.11 Å². The van der Waals surface area contributed by atoms with Gasteiger partial charge >= 0.3 is 5.97 Å². The topological polar surface area (TPSA) is 54.1 Å². The van der Waals surface area contributed by atoms with Gasteiger partial charge in [0.1, 0.15) is 5.69 Å². The predicted octanol–water partition coefficient (Wildman–Crippen LogP) is 2.47. The molecule has 2 unspecified atom stereocenters. The zero-order valence-electron chi connectivity index (χ0n) is 11.2. The maximum absolute atomic E-state index is 11.3. The van der Waals surface area contributed by atoms with E-state index in [1.807, 2.05) is 6.07 Å². The molecular formula is C14H22N2O2. The highest BCUT2D eigenvalue weighted by Gasteiger charge is 2.20. The number of aromatic nitrogens is 1. The lowest BCUT2D eigenvalue weighted by atomic mass is 9.86. The van der Waals surface area contributed by atoms with Crippen molar-refractivity contribution >= 4 is 5.97 Å². The second-order valence-corrected chi connectivity index (χ2v) is 5.14. The van der Waals surface area contributed by atoms with Crippen LogP contribution < -0.4 is 5.32 Å². The van der Waals surface area contributed by atoms with Gasteiger partial charge < -0.3 is 15.0 Å². The van der Waals surface area contributed by atoms with Crippen molar-refractivity contribution in [3.05, 3.63) is 23.5 Å². The molecule has 1 aliphatic rings. The normalized spacial score (nSPS) is 23.9. The van der Waals surface area contributed by atoms with Gasteiger partial charge in [0.15, 0.2) is 0 Å². The number of aromatic amines is 1. The summed E-state index contributed by atoms with van der Waals surface area (Å²) in [6.07, 6.45) is 5.25. The van der Waals surface area contributed by atoms with Crippen LogP contribution in [-0.2, 0) is 11.3 Å². The third-order valence-corrected chi connectivity index (χ3v) is 3.82. The number of carbonyl (C=O) groups excluding carboxylic acids is 1. The third kappa shape index (κ3) is 3.13. The number of esters is 1. The summed E-state index contributed by atoms with van der Waals surface area (Å²) in [5, 5.41) is 3.57. The molecule has 100 valence electrons. The predicted molar refractivity (Wildman–Crippen MR) is 70.4 cm³/mol. The molecule has 18 heavy (non-hydrogen) atoms. The van der Waals surface area contributed by atoms with Crippen LogP contribution in [0.5, 0.6) is 0 Å². The maximum atomic E-state index is 11.3. The molecule has 0 bridgehead atoms. The Morgan fingerprint density at radius 1 is 1.44 bits per heavy atom. The van der Waals surface area contributed by atoms with Crippen LogP contribution in [0, 0.1) is 5.92 Å². The standard InChI is InChI=1S/C14H22N2O2/c1-10-5-3-4-6-12(10)15-9-11-7-8-13(16-11)14(17)18-2/h7-8,10,12,15-16H,3-6,9H2,1-2H3. The summed E-state index contributed by atoms with van der Waals surface area (Å²) < 4.78 is 4.67. The van der Waals surface area contributed by atoms with Crippen LogP contribution in [0.4, 0.5) is 0 Å². The van der Waals surface area contributed by atoms with Gasteiger partial charge in [-0.05, 0) is 30.9 Å². The maximum Gasteiger partial charge on any atom is 0.354 e. The Kier molecular flexibility index (Phi) is 4.42. The highest BCUT2D eigenvalue weighted by molar-refractivity contribution is 5.87. The first kappa shape index (κ1) is 13.1. The van der Waals surface area contributed by atoms with Gasteiger partial charge in [0.25, 0.3) is 0 Å². The zero-order chi connectivity index (χ0) is 13.0. The Labute approximate surface area is 108 Å². The van der Waals surface area contributed by atoms with Gasteiger partial charge in [-0.2, -0.15) is 0 Å². The lowest BCUT2D eigenvalue weighted by Crippen LogP contribution is -2.36. The Hall–Kier alpha value is -1.29. The molecule has 0 spiro atoms. The smallest absolute Gasteiger partial charge is 0.354 e. The van der Waals surface area contributed by atoms with Gasteiger partial charge in [0.2, 0.25) is 0 Å². The molecule has 0 amide bonds. The Morgan fingerprint density at radius 2 is 2.22 bits per heavy atom. The van der Waals surface area contributed by atoms with E-state index >= 15 is 0 Å². The van der Waals surface area contributed by atoms with Crippen LogP contribution >= 0.6 is 0 Å². The summed E-state index contributed by atoms with van der Waals surface area (Å²) in [4.78, 5) is 14.4. The summed E-state index contributed by atoms with van der Waals surface area (Å²) >= 11 is 0. The largest absolute Gasteiger partial charge is 0.464 e. The van der Waals surface area contributed by atoms with Crippen molar-refractivity contribution in [2.45, 2.75) is 45.2 Å². The van der Waals surface area contributed by atoms with E-state index in [4.69, 9.17) is 0 Å². The van der Waals surface area contributed by atoms with Crippen LogP contribution in [0.3, 0.4) is 0 Å². The van der Waals surface area contributed by atoms with Crippen molar-refractivity contribution in [2.24, 2.45) is 5.92 Å². The summed E-state index contributed by atoms with van der Waals surface area (Å²) in [6, 6.07) is 4.31. The molecule has 1 aliphatic carbocycles. The number of H-pyrrole nitrogens is 1. The fraction of sp³-hybridized carbons (Fsp3) is 0.643. The van der Waals surface area contributed by atoms with Gasteiger partial charge in [-0.15, -0.1) is 0 Å². The first-order chi connectivity index (χ1) is 8.70. The molecule has 2 atom stereocenters. The molecule has 1 saturated carbocycles. The van der Waals surface area contributed by atoms with E-state index in [0.29, 0.717) is 11.7 Å². The molecule has 2 rings (SSSR count). The van der Waals surface area contributed by atoms with Gasteiger partial charge in [-0.25, -0.2) is 4.79 Å². The number of carbonyl (C=O) groups is 1. The summed E-state index contributed by atoms with van der Waals surface area (Å²) in [5.74, 6) is 0.432. The molecule has 0 saturated heterocycles. The first-order valence-electron chi connectivity index (χ1n) is 6.70. The average molecular weight is 250 g/mol. The Morgan fingerprint density at radius 3 is 2.94 bits per heavy atom. The van der Waals surface area contributed by atoms with E-state index in [0.717, 1.165) is 18.2 Å². The number of methoxy groups -OCH3 is 1. The van der Waals surface area contributed by atoms with E-state index in [-0.39, 0.29) is 5.97 Å². The van der Waals surface area contributed by atoms with Crippen molar-refractivity contribution in [1.82, 2.24) is 10.3 Å². The number of hydrogen-bond acceptors (Lipinski definition) is 3. The second kappa shape index (κ2) is 6.05. The Balaban J connectivity index is 1.86.